The molecule has 0 radical (unpaired) electrons. The molecule has 0 spiro atoms. The van der Waals surface area contributed by atoms with Gasteiger partial charge >= 0.3 is 12.1 Å². The smallest absolute Gasteiger partial charge is 0.407 e. The molecule has 0 aliphatic carbocycles. The van der Waals surface area contributed by atoms with E-state index in [4.69, 9.17) is 5.11 Å². The molecule has 2 rings (SSSR count). The van der Waals surface area contributed by atoms with E-state index in [1.807, 2.05) is 6.92 Å². The summed E-state index contributed by atoms with van der Waals surface area (Å²) in [6, 6.07) is 3.77. The maximum Gasteiger partial charge on any atom is 0.407 e. The number of esters is 1. The highest BCUT2D eigenvalue weighted by molar-refractivity contribution is 5.90. The van der Waals surface area contributed by atoms with Crippen molar-refractivity contribution in [3.05, 3.63) is 29.3 Å². The summed E-state index contributed by atoms with van der Waals surface area (Å²) in [7, 11) is 1.23. The van der Waals surface area contributed by atoms with Crippen LogP contribution < -0.4 is 5.32 Å². The van der Waals surface area contributed by atoms with Crippen LogP contribution in [0.2, 0.25) is 0 Å². The van der Waals surface area contributed by atoms with Gasteiger partial charge in [-0.15, -0.1) is 0 Å². The maximum absolute atomic E-state index is 13.2. The number of carbonyl (C=O) groups excluding carboxylic acids is 1. The molecule has 1 heterocycles. The van der Waals surface area contributed by atoms with Crippen molar-refractivity contribution < 1.29 is 28.2 Å². The van der Waals surface area contributed by atoms with E-state index in [1.165, 1.54) is 30.2 Å². The Morgan fingerprint density at radius 2 is 1.96 bits per heavy atom. The number of halogens is 2. The second-order valence-corrected chi connectivity index (χ2v) is 6.13. The van der Waals surface area contributed by atoms with Crippen molar-refractivity contribution in [1.82, 2.24) is 4.90 Å². The number of carboxylic acid groups (broad SMARTS) is 1. The Labute approximate surface area is 144 Å². The van der Waals surface area contributed by atoms with Gasteiger partial charge in [0.1, 0.15) is 0 Å². The molecule has 0 bridgehead atoms. The van der Waals surface area contributed by atoms with Crippen LogP contribution in [0.5, 0.6) is 0 Å². The highest BCUT2D eigenvalue weighted by Crippen LogP contribution is 2.31. The van der Waals surface area contributed by atoms with Gasteiger partial charge in [0.25, 0.3) is 6.43 Å². The largest absolute Gasteiger partial charge is 0.465 e. The molecule has 1 aromatic rings. The van der Waals surface area contributed by atoms with Crippen molar-refractivity contribution in [2.45, 2.75) is 32.2 Å². The molecule has 25 heavy (non-hydrogen) atoms. The van der Waals surface area contributed by atoms with E-state index in [2.05, 4.69) is 10.1 Å². The summed E-state index contributed by atoms with van der Waals surface area (Å²) >= 11 is 0. The fourth-order valence-electron chi connectivity index (χ4n) is 3.07. The lowest BCUT2D eigenvalue weighted by Crippen LogP contribution is -2.41. The molecule has 0 saturated carbocycles. The standard InChI is InChI=1S/C17H22F2N2O4/c1-10(11-5-7-21(8-6-11)17(23)24)20-14-9-12(16(22)25-2)3-4-13(14)15(18)19/h3-4,9-11,15,20H,5-8H2,1-2H3,(H,23,24)/t10-/m0/s1. The van der Waals surface area contributed by atoms with Gasteiger partial charge < -0.3 is 20.1 Å². The summed E-state index contributed by atoms with van der Waals surface area (Å²) < 4.78 is 31.1. The molecule has 8 heteroatoms. The Morgan fingerprint density at radius 3 is 2.48 bits per heavy atom. The second-order valence-electron chi connectivity index (χ2n) is 6.13. The lowest BCUT2D eigenvalue weighted by Gasteiger charge is -2.34. The van der Waals surface area contributed by atoms with Gasteiger partial charge in [-0.2, -0.15) is 0 Å². The van der Waals surface area contributed by atoms with Gasteiger partial charge in [-0.05, 0) is 37.8 Å². The predicted octanol–water partition coefficient (Wildman–Crippen LogP) is 3.60. The summed E-state index contributed by atoms with van der Waals surface area (Å²) in [6.45, 7) is 2.73. The van der Waals surface area contributed by atoms with E-state index in [0.29, 0.717) is 25.9 Å². The number of nitrogens with zero attached hydrogens (tertiary/aromatic N) is 1. The lowest BCUT2D eigenvalue weighted by molar-refractivity contribution is 0.0600. The van der Waals surface area contributed by atoms with Gasteiger partial charge in [0.2, 0.25) is 0 Å². The summed E-state index contributed by atoms with van der Waals surface area (Å²) in [5.74, 6) is -0.436. The first-order valence-corrected chi connectivity index (χ1v) is 8.08. The van der Waals surface area contributed by atoms with Gasteiger partial charge in [0, 0.05) is 30.4 Å². The molecule has 1 atom stereocenters. The first-order chi connectivity index (χ1) is 11.8. The van der Waals surface area contributed by atoms with Crippen molar-refractivity contribution in [2.75, 3.05) is 25.5 Å². The van der Waals surface area contributed by atoms with E-state index < -0.39 is 18.5 Å². The molecule has 1 aliphatic rings. The number of benzene rings is 1. The fourth-order valence-corrected chi connectivity index (χ4v) is 3.07. The molecule has 1 fully saturated rings. The highest BCUT2D eigenvalue weighted by Gasteiger charge is 2.27. The molecule has 0 unspecified atom stereocenters. The minimum atomic E-state index is -2.67. The Balaban J connectivity index is 2.12. The number of nitrogens with one attached hydrogen (secondary N) is 1. The SMILES string of the molecule is COC(=O)c1ccc(C(F)F)c(N[C@@H](C)C2CCN(C(=O)O)CC2)c1. The number of hydrogen-bond acceptors (Lipinski definition) is 4. The number of carbonyl (C=O) groups is 2. The summed E-state index contributed by atoms with van der Waals surface area (Å²) in [5, 5.41) is 12.1. The number of likely N-dealkylation sites (tertiary alicyclic amines) is 1. The quantitative estimate of drug-likeness (QED) is 0.788. The predicted molar refractivity (Wildman–Crippen MR) is 88.1 cm³/mol. The number of hydrogen-bond donors (Lipinski definition) is 2. The first kappa shape index (κ1) is 19.0. The molecule has 1 amide bonds. The Morgan fingerprint density at radius 1 is 1.32 bits per heavy atom. The van der Waals surface area contributed by atoms with Gasteiger partial charge in [-0.1, -0.05) is 6.07 Å². The number of rotatable bonds is 5. The molecule has 138 valence electrons. The van der Waals surface area contributed by atoms with Gasteiger partial charge in [-0.3, -0.25) is 0 Å². The van der Waals surface area contributed by atoms with Crippen LogP contribution in [0, 0.1) is 5.92 Å². The average Bonchev–Trinajstić information content (AvgIpc) is 2.60. The van der Waals surface area contributed by atoms with E-state index in [1.54, 1.807) is 0 Å². The van der Waals surface area contributed by atoms with Crippen LogP contribution in [0.3, 0.4) is 0 Å². The number of ether oxygens (including phenoxy) is 1. The van der Waals surface area contributed by atoms with Crippen molar-refractivity contribution in [3.8, 4) is 0 Å². The number of methoxy groups -OCH3 is 1. The van der Waals surface area contributed by atoms with E-state index in [0.717, 1.165) is 0 Å². The maximum atomic E-state index is 13.2. The third-order valence-corrected chi connectivity index (χ3v) is 4.61. The second kappa shape index (κ2) is 8.13. The Bertz CT molecular complexity index is 631. The van der Waals surface area contributed by atoms with E-state index in [-0.39, 0.29) is 28.8 Å². The van der Waals surface area contributed by atoms with Crippen LogP contribution in [-0.4, -0.2) is 48.3 Å². The van der Waals surface area contributed by atoms with Crippen molar-refractivity contribution >= 4 is 17.7 Å². The zero-order valence-electron chi connectivity index (χ0n) is 14.2. The van der Waals surface area contributed by atoms with Gasteiger partial charge in [0.15, 0.2) is 0 Å². The number of amides is 1. The summed E-state index contributed by atoms with van der Waals surface area (Å²) in [6.07, 6.45) is -2.30. The van der Waals surface area contributed by atoms with E-state index >= 15 is 0 Å². The average molecular weight is 356 g/mol. The van der Waals surface area contributed by atoms with Crippen LogP contribution in [0.15, 0.2) is 18.2 Å². The van der Waals surface area contributed by atoms with Crippen LogP contribution in [0.25, 0.3) is 0 Å². The third-order valence-electron chi connectivity index (χ3n) is 4.61. The molecule has 0 aromatic heterocycles. The lowest BCUT2D eigenvalue weighted by atomic mass is 9.90. The third kappa shape index (κ3) is 4.58. The highest BCUT2D eigenvalue weighted by atomic mass is 19.3. The van der Waals surface area contributed by atoms with Crippen LogP contribution in [0.1, 0.15) is 42.1 Å². The normalized spacial score (nSPS) is 16.6. The molecule has 1 saturated heterocycles. The molecule has 1 aliphatic heterocycles. The molecule has 2 N–H and O–H groups in total. The molecular weight excluding hydrogens is 334 g/mol. The van der Waals surface area contributed by atoms with Crippen LogP contribution in [-0.2, 0) is 4.74 Å². The van der Waals surface area contributed by atoms with Crippen molar-refractivity contribution in [1.29, 1.82) is 0 Å². The van der Waals surface area contributed by atoms with Crippen molar-refractivity contribution in [3.63, 3.8) is 0 Å². The Hall–Kier alpha value is -2.38. The zero-order chi connectivity index (χ0) is 18.6. The van der Waals surface area contributed by atoms with Gasteiger partial charge in [0.05, 0.1) is 12.7 Å². The molecular formula is C17H22F2N2O4. The zero-order valence-corrected chi connectivity index (χ0v) is 14.2. The molecule has 1 aromatic carbocycles. The minimum Gasteiger partial charge on any atom is -0.465 e. The van der Waals surface area contributed by atoms with Crippen molar-refractivity contribution in [2.24, 2.45) is 5.92 Å². The molecule has 6 nitrogen and oxygen atoms in total. The van der Waals surface area contributed by atoms with Crippen LogP contribution >= 0.6 is 0 Å². The minimum absolute atomic E-state index is 0.138. The van der Waals surface area contributed by atoms with Gasteiger partial charge in [-0.25, -0.2) is 18.4 Å². The number of anilines is 1. The number of piperidine rings is 1. The fraction of sp³-hybridized carbons (Fsp3) is 0.529. The topological polar surface area (TPSA) is 78.9 Å². The monoisotopic (exact) mass is 356 g/mol. The van der Waals surface area contributed by atoms with Crippen LogP contribution in [0.4, 0.5) is 19.3 Å². The number of alkyl halides is 2. The van der Waals surface area contributed by atoms with E-state index in [9.17, 15) is 18.4 Å². The summed E-state index contributed by atoms with van der Waals surface area (Å²) in [4.78, 5) is 23.9. The first-order valence-electron chi connectivity index (χ1n) is 8.08. The summed E-state index contributed by atoms with van der Waals surface area (Å²) in [5.41, 5.74) is 0.218. The Kier molecular flexibility index (Phi) is 6.17.